The minimum absolute atomic E-state index is 0.118. The number of carbonyl (C=O) groups is 2. The molecular formula is C23H27ClN2O3. The predicted octanol–water partition coefficient (Wildman–Crippen LogP) is 5.76. The number of hydrazone groups is 1. The summed E-state index contributed by atoms with van der Waals surface area (Å²) in [6.07, 6.45) is 8.70. The molecule has 2 aromatic rings. The van der Waals surface area contributed by atoms with Gasteiger partial charge in [0.05, 0.1) is 11.8 Å². The summed E-state index contributed by atoms with van der Waals surface area (Å²) in [6.45, 7) is 2.18. The second-order valence-corrected chi connectivity index (χ2v) is 7.18. The average Bonchev–Trinajstić information content (AvgIpc) is 2.72. The molecule has 5 nitrogen and oxygen atoms in total. The van der Waals surface area contributed by atoms with Crippen LogP contribution in [-0.4, -0.2) is 18.1 Å². The van der Waals surface area contributed by atoms with Crippen molar-refractivity contribution in [2.75, 3.05) is 0 Å². The summed E-state index contributed by atoms with van der Waals surface area (Å²) >= 11 is 5.84. The molecule has 0 aromatic heterocycles. The van der Waals surface area contributed by atoms with Crippen LogP contribution >= 0.6 is 11.6 Å². The molecular weight excluding hydrogens is 388 g/mol. The number of nitrogens with one attached hydrogen (secondary N) is 1. The predicted molar refractivity (Wildman–Crippen MR) is 117 cm³/mol. The number of para-hydroxylation sites is 1. The van der Waals surface area contributed by atoms with E-state index in [1.165, 1.54) is 25.5 Å². The third-order valence-electron chi connectivity index (χ3n) is 4.35. The average molecular weight is 415 g/mol. The van der Waals surface area contributed by atoms with Gasteiger partial charge in [0.25, 0.3) is 0 Å². The van der Waals surface area contributed by atoms with Gasteiger partial charge in [0.1, 0.15) is 5.75 Å². The van der Waals surface area contributed by atoms with Crippen molar-refractivity contribution in [1.82, 2.24) is 5.43 Å². The molecule has 0 saturated heterocycles. The maximum Gasteiger partial charge on any atom is 0.343 e. The maximum absolute atomic E-state index is 12.3. The third-order valence-corrected chi connectivity index (χ3v) is 4.60. The van der Waals surface area contributed by atoms with Crippen LogP contribution in [-0.2, 0) is 4.79 Å². The van der Waals surface area contributed by atoms with Crippen molar-refractivity contribution >= 4 is 29.7 Å². The zero-order chi connectivity index (χ0) is 20.9. The number of halogens is 1. The van der Waals surface area contributed by atoms with E-state index in [0.717, 1.165) is 19.3 Å². The molecule has 0 aliphatic heterocycles. The minimum Gasteiger partial charge on any atom is -0.422 e. The largest absolute Gasteiger partial charge is 0.422 e. The van der Waals surface area contributed by atoms with Gasteiger partial charge in [-0.2, -0.15) is 5.10 Å². The van der Waals surface area contributed by atoms with Crippen molar-refractivity contribution in [3.05, 3.63) is 64.7 Å². The second-order valence-electron chi connectivity index (χ2n) is 6.75. The highest BCUT2D eigenvalue weighted by molar-refractivity contribution is 6.30. The summed E-state index contributed by atoms with van der Waals surface area (Å²) in [4.78, 5) is 24.2. The molecule has 0 saturated carbocycles. The number of rotatable bonds is 11. The molecule has 0 heterocycles. The number of unbranched alkanes of at least 4 members (excludes halogenated alkanes) is 5. The van der Waals surface area contributed by atoms with Gasteiger partial charge in [-0.1, -0.05) is 62.8 Å². The van der Waals surface area contributed by atoms with Crippen LogP contribution in [0.2, 0.25) is 5.02 Å². The zero-order valence-corrected chi connectivity index (χ0v) is 17.5. The Bertz CT molecular complexity index is 819. The number of amides is 1. The normalized spacial score (nSPS) is 10.8. The molecule has 1 N–H and O–H groups in total. The van der Waals surface area contributed by atoms with E-state index in [4.69, 9.17) is 16.3 Å². The minimum atomic E-state index is -0.491. The second kappa shape index (κ2) is 12.7. The van der Waals surface area contributed by atoms with Gasteiger partial charge in [-0.3, -0.25) is 4.79 Å². The molecule has 0 unspecified atom stereocenters. The molecule has 2 aromatic carbocycles. The van der Waals surface area contributed by atoms with Crippen molar-refractivity contribution in [3.63, 3.8) is 0 Å². The molecule has 0 atom stereocenters. The summed E-state index contributed by atoms with van der Waals surface area (Å²) in [5, 5.41) is 4.54. The van der Waals surface area contributed by atoms with E-state index in [1.807, 2.05) is 0 Å². The molecule has 0 aliphatic carbocycles. The fraction of sp³-hybridized carbons (Fsp3) is 0.348. The Morgan fingerprint density at radius 2 is 1.69 bits per heavy atom. The Balaban J connectivity index is 1.84. The maximum atomic E-state index is 12.3. The van der Waals surface area contributed by atoms with Gasteiger partial charge < -0.3 is 4.74 Å². The standard InChI is InChI=1S/C23H27ClN2O3/c1-2-3-4-5-6-7-12-22(27)26-25-17-19-10-8-9-11-21(19)29-23(28)18-13-15-20(24)16-14-18/h8-11,13-17H,2-7,12H2,1H3,(H,26,27)/b25-17-. The van der Waals surface area contributed by atoms with Crippen LogP contribution in [0.5, 0.6) is 5.75 Å². The van der Waals surface area contributed by atoms with Crippen LogP contribution < -0.4 is 10.2 Å². The van der Waals surface area contributed by atoms with Gasteiger partial charge in [-0.25, -0.2) is 10.2 Å². The molecule has 2 rings (SSSR count). The summed E-state index contributed by atoms with van der Waals surface area (Å²) < 4.78 is 5.45. The molecule has 29 heavy (non-hydrogen) atoms. The Morgan fingerprint density at radius 1 is 1.00 bits per heavy atom. The molecule has 0 bridgehead atoms. The number of carbonyl (C=O) groups excluding carboxylic acids is 2. The monoisotopic (exact) mass is 414 g/mol. The Hall–Kier alpha value is -2.66. The number of hydrogen-bond donors (Lipinski definition) is 1. The summed E-state index contributed by atoms with van der Waals surface area (Å²) in [5.74, 6) is -0.247. The number of nitrogens with zero attached hydrogens (tertiary/aromatic N) is 1. The van der Waals surface area contributed by atoms with E-state index in [9.17, 15) is 9.59 Å². The van der Waals surface area contributed by atoms with Crippen LogP contribution in [0.3, 0.4) is 0 Å². The van der Waals surface area contributed by atoms with E-state index in [0.29, 0.717) is 28.3 Å². The van der Waals surface area contributed by atoms with E-state index < -0.39 is 5.97 Å². The summed E-state index contributed by atoms with van der Waals surface area (Å²) in [7, 11) is 0. The quantitative estimate of drug-likeness (QED) is 0.167. The van der Waals surface area contributed by atoms with Crippen LogP contribution in [0, 0.1) is 0 Å². The van der Waals surface area contributed by atoms with Crippen molar-refractivity contribution in [1.29, 1.82) is 0 Å². The molecule has 154 valence electrons. The fourth-order valence-electron chi connectivity index (χ4n) is 2.72. The molecule has 0 radical (unpaired) electrons. The smallest absolute Gasteiger partial charge is 0.343 e. The first-order valence-corrected chi connectivity index (χ1v) is 10.4. The lowest BCUT2D eigenvalue weighted by atomic mass is 10.1. The SMILES string of the molecule is CCCCCCCCC(=O)N/N=C\c1ccccc1OC(=O)c1ccc(Cl)cc1. The summed E-state index contributed by atoms with van der Waals surface area (Å²) in [6, 6.07) is 13.5. The lowest BCUT2D eigenvalue weighted by Gasteiger charge is -2.07. The number of benzene rings is 2. The Morgan fingerprint density at radius 3 is 2.45 bits per heavy atom. The highest BCUT2D eigenvalue weighted by atomic mass is 35.5. The van der Waals surface area contributed by atoms with E-state index in [1.54, 1.807) is 48.5 Å². The zero-order valence-electron chi connectivity index (χ0n) is 16.7. The topological polar surface area (TPSA) is 67.8 Å². The van der Waals surface area contributed by atoms with Crippen molar-refractivity contribution < 1.29 is 14.3 Å². The number of esters is 1. The van der Waals surface area contributed by atoms with Gasteiger partial charge in [0, 0.05) is 17.0 Å². The molecule has 1 amide bonds. The Labute approximate surface area is 177 Å². The first kappa shape index (κ1) is 22.6. The van der Waals surface area contributed by atoms with Crippen molar-refractivity contribution in [2.45, 2.75) is 51.9 Å². The first-order chi connectivity index (χ1) is 14.1. The van der Waals surface area contributed by atoms with Crippen LogP contribution in [0.15, 0.2) is 53.6 Å². The number of hydrogen-bond acceptors (Lipinski definition) is 4. The van der Waals surface area contributed by atoms with Gasteiger partial charge in [-0.15, -0.1) is 0 Å². The molecule has 6 heteroatoms. The lowest BCUT2D eigenvalue weighted by Crippen LogP contribution is -2.17. The van der Waals surface area contributed by atoms with Crippen LogP contribution in [0.25, 0.3) is 0 Å². The highest BCUT2D eigenvalue weighted by Crippen LogP contribution is 2.18. The molecule has 0 aliphatic rings. The van der Waals surface area contributed by atoms with Gasteiger partial charge in [0.15, 0.2) is 0 Å². The lowest BCUT2D eigenvalue weighted by molar-refractivity contribution is -0.121. The first-order valence-electron chi connectivity index (χ1n) is 9.99. The fourth-order valence-corrected chi connectivity index (χ4v) is 2.85. The van der Waals surface area contributed by atoms with E-state index >= 15 is 0 Å². The van der Waals surface area contributed by atoms with Gasteiger partial charge in [-0.05, 0) is 42.8 Å². The highest BCUT2D eigenvalue weighted by Gasteiger charge is 2.10. The Kier molecular flexibility index (Phi) is 9.93. The van der Waals surface area contributed by atoms with Gasteiger partial charge in [0.2, 0.25) is 5.91 Å². The van der Waals surface area contributed by atoms with Gasteiger partial charge >= 0.3 is 5.97 Å². The summed E-state index contributed by atoms with van der Waals surface area (Å²) in [5.41, 5.74) is 3.52. The van der Waals surface area contributed by atoms with E-state index in [2.05, 4.69) is 17.5 Å². The molecule has 0 fully saturated rings. The molecule has 0 spiro atoms. The van der Waals surface area contributed by atoms with Crippen LogP contribution in [0.1, 0.15) is 67.8 Å². The number of ether oxygens (including phenoxy) is 1. The van der Waals surface area contributed by atoms with Crippen LogP contribution in [0.4, 0.5) is 0 Å². The van der Waals surface area contributed by atoms with E-state index in [-0.39, 0.29) is 5.91 Å². The van der Waals surface area contributed by atoms with Crippen molar-refractivity contribution in [3.8, 4) is 5.75 Å². The van der Waals surface area contributed by atoms with Crippen molar-refractivity contribution in [2.24, 2.45) is 5.10 Å². The third kappa shape index (κ3) is 8.48.